The third-order valence-corrected chi connectivity index (χ3v) is 2.77. The monoisotopic (exact) mass is 212 g/mol. The molecule has 0 saturated heterocycles. The number of aliphatic hydroxyl groups excluding tert-OH is 1. The highest BCUT2D eigenvalue weighted by Gasteiger charge is 1.97. The highest BCUT2D eigenvalue weighted by atomic mass is 16.3. The van der Waals surface area contributed by atoms with Crippen LogP contribution in [-0.2, 0) is 0 Å². The molecule has 1 unspecified atom stereocenters. The van der Waals surface area contributed by atoms with Gasteiger partial charge in [-0.3, -0.25) is 0 Å². The molecule has 1 nitrogen and oxygen atoms in total. The standard InChI is InChI=1S/C14H28O/c1-3-5-6-7-8-9-10-11-13-14(15)12-4-2/h4,12,14-15H,3,5-11,13H2,1-2H3. The third kappa shape index (κ3) is 11.6. The van der Waals surface area contributed by atoms with Gasteiger partial charge in [-0.2, -0.15) is 0 Å². The highest BCUT2D eigenvalue weighted by Crippen LogP contribution is 2.10. The summed E-state index contributed by atoms with van der Waals surface area (Å²) in [7, 11) is 0. The van der Waals surface area contributed by atoms with E-state index in [1.165, 1.54) is 51.4 Å². The van der Waals surface area contributed by atoms with Gasteiger partial charge in [0.15, 0.2) is 0 Å². The fourth-order valence-corrected chi connectivity index (χ4v) is 1.81. The lowest BCUT2D eigenvalue weighted by Crippen LogP contribution is -2.00. The minimum Gasteiger partial charge on any atom is -0.389 e. The van der Waals surface area contributed by atoms with Gasteiger partial charge in [0.2, 0.25) is 0 Å². The van der Waals surface area contributed by atoms with Crippen molar-refractivity contribution < 1.29 is 5.11 Å². The molecule has 1 N–H and O–H groups in total. The molecule has 90 valence electrons. The van der Waals surface area contributed by atoms with Gasteiger partial charge in [0, 0.05) is 0 Å². The summed E-state index contributed by atoms with van der Waals surface area (Å²) < 4.78 is 0. The van der Waals surface area contributed by atoms with E-state index in [-0.39, 0.29) is 6.10 Å². The lowest BCUT2D eigenvalue weighted by molar-refractivity contribution is 0.208. The van der Waals surface area contributed by atoms with E-state index in [1.807, 2.05) is 19.1 Å². The van der Waals surface area contributed by atoms with Crippen molar-refractivity contribution in [3.63, 3.8) is 0 Å². The van der Waals surface area contributed by atoms with Crippen LogP contribution in [0.25, 0.3) is 0 Å². The molecule has 0 bridgehead atoms. The molecular formula is C14H28O. The largest absolute Gasteiger partial charge is 0.389 e. The minimum atomic E-state index is -0.213. The smallest absolute Gasteiger partial charge is 0.0720 e. The molecule has 0 saturated carbocycles. The number of hydrogen-bond donors (Lipinski definition) is 1. The molecule has 0 spiro atoms. The van der Waals surface area contributed by atoms with Crippen molar-refractivity contribution in [2.45, 2.75) is 77.7 Å². The first-order valence-electron chi connectivity index (χ1n) is 6.62. The Hall–Kier alpha value is -0.300. The Labute approximate surface area is 95.6 Å². The van der Waals surface area contributed by atoms with Crippen LogP contribution in [0.2, 0.25) is 0 Å². The Morgan fingerprint density at radius 1 is 0.933 bits per heavy atom. The molecule has 0 aromatic carbocycles. The van der Waals surface area contributed by atoms with Crippen LogP contribution in [0.5, 0.6) is 0 Å². The molecule has 0 aliphatic carbocycles. The molecule has 0 heterocycles. The second-order valence-electron chi connectivity index (χ2n) is 4.36. The van der Waals surface area contributed by atoms with Crippen molar-refractivity contribution in [3.05, 3.63) is 12.2 Å². The second kappa shape index (κ2) is 11.8. The zero-order chi connectivity index (χ0) is 11.4. The fraction of sp³-hybridized carbons (Fsp3) is 0.857. The van der Waals surface area contributed by atoms with Gasteiger partial charge in [-0.05, 0) is 13.3 Å². The van der Waals surface area contributed by atoms with Gasteiger partial charge < -0.3 is 5.11 Å². The van der Waals surface area contributed by atoms with Gasteiger partial charge in [0.25, 0.3) is 0 Å². The van der Waals surface area contributed by atoms with Crippen molar-refractivity contribution in [3.8, 4) is 0 Å². The molecule has 0 aromatic heterocycles. The predicted molar refractivity (Wildman–Crippen MR) is 68.0 cm³/mol. The van der Waals surface area contributed by atoms with E-state index in [2.05, 4.69) is 6.92 Å². The molecule has 0 radical (unpaired) electrons. The summed E-state index contributed by atoms with van der Waals surface area (Å²) >= 11 is 0. The Morgan fingerprint density at radius 2 is 1.47 bits per heavy atom. The van der Waals surface area contributed by atoms with Crippen LogP contribution in [0.3, 0.4) is 0 Å². The minimum absolute atomic E-state index is 0.213. The van der Waals surface area contributed by atoms with E-state index in [0.717, 1.165) is 6.42 Å². The van der Waals surface area contributed by atoms with Gasteiger partial charge in [-0.1, -0.05) is 70.4 Å². The van der Waals surface area contributed by atoms with Crippen LogP contribution in [0.1, 0.15) is 71.6 Å². The summed E-state index contributed by atoms with van der Waals surface area (Å²) in [5.74, 6) is 0. The van der Waals surface area contributed by atoms with Crippen LogP contribution < -0.4 is 0 Å². The number of hydrogen-bond acceptors (Lipinski definition) is 1. The van der Waals surface area contributed by atoms with Gasteiger partial charge >= 0.3 is 0 Å². The molecule has 0 fully saturated rings. The lowest BCUT2D eigenvalue weighted by Gasteiger charge is -2.05. The zero-order valence-electron chi connectivity index (χ0n) is 10.5. The summed E-state index contributed by atoms with van der Waals surface area (Å²) in [6.45, 7) is 4.21. The van der Waals surface area contributed by atoms with E-state index in [1.54, 1.807) is 0 Å². The maximum Gasteiger partial charge on any atom is 0.0720 e. The molecule has 0 rings (SSSR count). The quantitative estimate of drug-likeness (QED) is 0.419. The first-order chi connectivity index (χ1) is 7.31. The Bertz CT molecular complexity index is 140. The van der Waals surface area contributed by atoms with Crippen LogP contribution in [0, 0.1) is 0 Å². The summed E-state index contributed by atoms with van der Waals surface area (Å²) in [6, 6.07) is 0. The van der Waals surface area contributed by atoms with Gasteiger partial charge in [0.1, 0.15) is 0 Å². The summed E-state index contributed by atoms with van der Waals surface area (Å²) in [5.41, 5.74) is 0. The maximum atomic E-state index is 9.44. The average Bonchev–Trinajstić information content (AvgIpc) is 2.22. The molecule has 15 heavy (non-hydrogen) atoms. The summed E-state index contributed by atoms with van der Waals surface area (Å²) in [5, 5.41) is 9.44. The number of allylic oxidation sites excluding steroid dienone is 1. The molecule has 0 aromatic rings. The van der Waals surface area contributed by atoms with Crippen LogP contribution in [0.4, 0.5) is 0 Å². The molecular weight excluding hydrogens is 184 g/mol. The van der Waals surface area contributed by atoms with Crippen LogP contribution in [-0.4, -0.2) is 11.2 Å². The summed E-state index contributed by atoms with van der Waals surface area (Å²) in [6.07, 6.45) is 15.2. The van der Waals surface area contributed by atoms with E-state index < -0.39 is 0 Å². The van der Waals surface area contributed by atoms with E-state index in [0.29, 0.717) is 0 Å². The van der Waals surface area contributed by atoms with Crippen molar-refractivity contribution in [2.24, 2.45) is 0 Å². The van der Waals surface area contributed by atoms with Crippen molar-refractivity contribution >= 4 is 0 Å². The van der Waals surface area contributed by atoms with Gasteiger partial charge in [-0.15, -0.1) is 0 Å². The highest BCUT2D eigenvalue weighted by molar-refractivity contribution is 4.84. The Morgan fingerprint density at radius 3 is 2.00 bits per heavy atom. The fourth-order valence-electron chi connectivity index (χ4n) is 1.81. The molecule has 0 aliphatic heterocycles. The zero-order valence-corrected chi connectivity index (χ0v) is 10.5. The van der Waals surface area contributed by atoms with Gasteiger partial charge in [0.05, 0.1) is 6.10 Å². The lowest BCUT2D eigenvalue weighted by atomic mass is 10.1. The normalized spacial score (nSPS) is 13.5. The molecule has 1 heteroatoms. The third-order valence-electron chi connectivity index (χ3n) is 2.77. The van der Waals surface area contributed by atoms with E-state index in [9.17, 15) is 5.11 Å². The predicted octanol–water partition coefficient (Wildman–Crippen LogP) is 4.45. The van der Waals surface area contributed by atoms with Crippen LogP contribution >= 0.6 is 0 Å². The number of aliphatic hydroxyl groups is 1. The molecule has 0 amide bonds. The van der Waals surface area contributed by atoms with Crippen molar-refractivity contribution in [2.75, 3.05) is 0 Å². The number of rotatable bonds is 10. The Kier molecular flexibility index (Phi) is 11.5. The number of unbranched alkanes of at least 4 members (excludes halogenated alkanes) is 7. The molecule has 0 aliphatic rings. The van der Waals surface area contributed by atoms with Crippen molar-refractivity contribution in [1.82, 2.24) is 0 Å². The first kappa shape index (κ1) is 14.7. The van der Waals surface area contributed by atoms with E-state index >= 15 is 0 Å². The SMILES string of the molecule is CC=CC(O)CCCCCCCCCC. The first-order valence-corrected chi connectivity index (χ1v) is 6.62. The van der Waals surface area contributed by atoms with E-state index in [4.69, 9.17) is 0 Å². The topological polar surface area (TPSA) is 20.2 Å². The van der Waals surface area contributed by atoms with Crippen LogP contribution in [0.15, 0.2) is 12.2 Å². The summed E-state index contributed by atoms with van der Waals surface area (Å²) in [4.78, 5) is 0. The Balaban J connectivity index is 3.04. The van der Waals surface area contributed by atoms with Gasteiger partial charge in [-0.25, -0.2) is 0 Å². The second-order valence-corrected chi connectivity index (χ2v) is 4.36. The molecule has 1 atom stereocenters. The van der Waals surface area contributed by atoms with Crippen molar-refractivity contribution in [1.29, 1.82) is 0 Å². The average molecular weight is 212 g/mol. The maximum absolute atomic E-state index is 9.44.